The molecule has 1 fully saturated rings. The van der Waals surface area contributed by atoms with Gasteiger partial charge in [0.1, 0.15) is 5.75 Å². The third kappa shape index (κ3) is 3.62. The van der Waals surface area contributed by atoms with Crippen molar-refractivity contribution in [2.75, 3.05) is 13.1 Å². The Bertz CT molecular complexity index is 977. The standard InChI is InChI=1S/C22H29N5O/c1-5-17-11-23-22(3,4)13-27(17)12-16-10-19(15-6-8-18(28)9-7-15)24-21-20(16)14(2)25-26-21/h6-10,17,23,28H,5,11-13H2,1-4H3,(H,24,25,26)/t17-/m1/s1. The first-order valence-electron chi connectivity index (χ1n) is 9.99. The Balaban J connectivity index is 1.76. The van der Waals surface area contributed by atoms with E-state index in [1.165, 1.54) is 5.56 Å². The number of nitrogens with zero attached hydrogens (tertiary/aromatic N) is 3. The highest BCUT2D eigenvalue weighted by molar-refractivity contribution is 5.84. The van der Waals surface area contributed by atoms with Crippen molar-refractivity contribution in [3.05, 3.63) is 41.6 Å². The first-order valence-corrected chi connectivity index (χ1v) is 9.99. The van der Waals surface area contributed by atoms with Crippen LogP contribution in [0.3, 0.4) is 0 Å². The van der Waals surface area contributed by atoms with Gasteiger partial charge in [0.2, 0.25) is 0 Å². The van der Waals surface area contributed by atoms with Gasteiger partial charge in [0.05, 0.1) is 11.4 Å². The Kier molecular flexibility index (Phi) is 4.85. The molecule has 3 heterocycles. The summed E-state index contributed by atoms with van der Waals surface area (Å²) in [5, 5.41) is 21.9. The molecule has 0 radical (unpaired) electrons. The second-order valence-corrected chi connectivity index (χ2v) is 8.48. The molecule has 0 bridgehead atoms. The molecule has 0 unspecified atom stereocenters. The minimum absolute atomic E-state index is 0.100. The molecular weight excluding hydrogens is 350 g/mol. The third-order valence-electron chi connectivity index (χ3n) is 5.73. The molecule has 3 aromatic rings. The molecule has 1 aromatic carbocycles. The second-order valence-electron chi connectivity index (χ2n) is 8.48. The van der Waals surface area contributed by atoms with Crippen molar-refractivity contribution in [2.45, 2.75) is 52.2 Å². The number of aromatic nitrogens is 3. The number of pyridine rings is 1. The number of aromatic hydroxyl groups is 1. The molecule has 0 amide bonds. The van der Waals surface area contributed by atoms with Gasteiger partial charge in [0, 0.05) is 42.2 Å². The lowest BCUT2D eigenvalue weighted by Crippen LogP contribution is -2.61. The number of rotatable bonds is 4. The number of benzene rings is 1. The van der Waals surface area contributed by atoms with E-state index in [0.717, 1.165) is 54.0 Å². The molecule has 1 aliphatic rings. The fourth-order valence-corrected chi connectivity index (χ4v) is 4.20. The lowest BCUT2D eigenvalue weighted by atomic mass is 9.96. The summed E-state index contributed by atoms with van der Waals surface area (Å²) in [7, 11) is 0. The van der Waals surface area contributed by atoms with Crippen molar-refractivity contribution in [1.82, 2.24) is 25.4 Å². The molecule has 1 atom stereocenters. The smallest absolute Gasteiger partial charge is 0.156 e. The average Bonchev–Trinajstić information content (AvgIpc) is 3.03. The van der Waals surface area contributed by atoms with Crippen molar-refractivity contribution in [1.29, 1.82) is 0 Å². The van der Waals surface area contributed by atoms with E-state index < -0.39 is 0 Å². The van der Waals surface area contributed by atoms with Gasteiger partial charge in [-0.05, 0) is 63.1 Å². The van der Waals surface area contributed by atoms with Gasteiger partial charge in [-0.3, -0.25) is 10.00 Å². The van der Waals surface area contributed by atoms with Crippen LogP contribution in [0.4, 0.5) is 0 Å². The number of hydrogen-bond acceptors (Lipinski definition) is 5. The van der Waals surface area contributed by atoms with Gasteiger partial charge in [-0.25, -0.2) is 4.98 Å². The lowest BCUT2D eigenvalue weighted by molar-refractivity contribution is 0.0862. The van der Waals surface area contributed by atoms with E-state index in [1.807, 2.05) is 19.1 Å². The van der Waals surface area contributed by atoms with E-state index in [9.17, 15) is 5.11 Å². The summed E-state index contributed by atoms with van der Waals surface area (Å²) in [6.07, 6.45) is 1.12. The quantitative estimate of drug-likeness (QED) is 0.646. The van der Waals surface area contributed by atoms with Crippen LogP contribution in [0.2, 0.25) is 0 Å². The monoisotopic (exact) mass is 379 g/mol. The molecule has 6 heteroatoms. The van der Waals surface area contributed by atoms with Crippen LogP contribution < -0.4 is 5.32 Å². The van der Waals surface area contributed by atoms with Crippen LogP contribution in [0.5, 0.6) is 5.75 Å². The van der Waals surface area contributed by atoms with Gasteiger partial charge in [-0.2, -0.15) is 5.10 Å². The van der Waals surface area contributed by atoms with E-state index in [2.05, 4.69) is 47.3 Å². The predicted octanol–water partition coefficient (Wildman–Crippen LogP) is 3.60. The van der Waals surface area contributed by atoms with Gasteiger partial charge in [0.15, 0.2) is 5.65 Å². The van der Waals surface area contributed by atoms with Crippen LogP contribution >= 0.6 is 0 Å². The van der Waals surface area contributed by atoms with E-state index in [1.54, 1.807) is 12.1 Å². The highest BCUT2D eigenvalue weighted by Crippen LogP contribution is 2.29. The number of aromatic amines is 1. The number of hydrogen-bond donors (Lipinski definition) is 3. The number of H-pyrrole nitrogens is 1. The van der Waals surface area contributed by atoms with E-state index in [4.69, 9.17) is 4.98 Å². The molecule has 28 heavy (non-hydrogen) atoms. The van der Waals surface area contributed by atoms with Crippen LogP contribution in [-0.2, 0) is 6.54 Å². The zero-order chi connectivity index (χ0) is 19.9. The van der Waals surface area contributed by atoms with Crippen LogP contribution in [0.25, 0.3) is 22.3 Å². The topological polar surface area (TPSA) is 77.1 Å². The van der Waals surface area contributed by atoms with Crippen LogP contribution in [-0.4, -0.2) is 49.9 Å². The zero-order valence-corrected chi connectivity index (χ0v) is 17.1. The maximum Gasteiger partial charge on any atom is 0.156 e. The number of fused-ring (bicyclic) bond motifs is 1. The minimum Gasteiger partial charge on any atom is -0.508 e. The summed E-state index contributed by atoms with van der Waals surface area (Å²) in [6, 6.07) is 9.90. The Labute approximate surface area is 166 Å². The minimum atomic E-state index is 0.100. The van der Waals surface area contributed by atoms with Crippen molar-refractivity contribution in [3.63, 3.8) is 0 Å². The van der Waals surface area contributed by atoms with Crippen LogP contribution in [0.1, 0.15) is 38.4 Å². The molecule has 0 saturated carbocycles. The summed E-state index contributed by atoms with van der Waals surface area (Å²) < 4.78 is 0. The SMILES string of the molecule is CC[C@@H]1CNC(C)(C)CN1Cc1cc(-c2ccc(O)cc2)nc2[nH]nc(C)c12. The van der Waals surface area contributed by atoms with Crippen molar-refractivity contribution >= 4 is 11.0 Å². The first-order chi connectivity index (χ1) is 13.4. The number of aryl methyl sites for hydroxylation is 1. The normalized spacial score (nSPS) is 19.9. The molecule has 6 nitrogen and oxygen atoms in total. The maximum atomic E-state index is 9.61. The first kappa shape index (κ1) is 18.9. The predicted molar refractivity (Wildman–Crippen MR) is 112 cm³/mol. The Morgan fingerprint density at radius 1 is 1.25 bits per heavy atom. The summed E-state index contributed by atoms with van der Waals surface area (Å²) in [4.78, 5) is 7.37. The molecule has 1 aliphatic heterocycles. The molecule has 3 N–H and O–H groups in total. The molecule has 2 aromatic heterocycles. The lowest BCUT2D eigenvalue weighted by Gasteiger charge is -2.44. The fraction of sp³-hybridized carbons (Fsp3) is 0.455. The Hall–Kier alpha value is -2.44. The number of phenolic OH excluding ortho intramolecular Hbond substituents is 1. The molecular formula is C22H29N5O. The summed E-state index contributed by atoms with van der Waals surface area (Å²) in [5.41, 5.74) is 5.03. The van der Waals surface area contributed by atoms with Crippen LogP contribution in [0.15, 0.2) is 30.3 Å². The highest BCUT2D eigenvalue weighted by atomic mass is 16.3. The molecule has 0 aliphatic carbocycles. The summed E-state index contributed by atoms with van der Waals surface area (Å²) in [5.74, 6) is 0.260. The second kappa shape index (κ2) is 7.18. The molecule has 4 rings (SSSR count). The van der Waals surface area contributed by atoms with E-state index in [-0.39, 0.29) is 11.3 Å². The summed E-state index contributed by atoms with van der Waals surface area (Å²) in [6.45, 7) is 11.7. The third-order valence-corrected chi connectivity index (χ3v) is 5.73. The number of phenols is 1. The van der Waals surface area contributed by atoms with Crippen molar-refractivity contribution < 1.29 is 5.11 Å². The Morgan fingerprint density at radius 2 is 2.00 bits per heavy atom. The Morgan fingerprint density at radius 3 is 2.71 bits per heavy atom. The zero-order valence-electron chi connectivity index (χ0n) is 17.1. The highest BCUT2D eigenvalue weighted by Gasteiger charge is 2.32. The van der Waals surface area contributed by atoms with E-state index >= 15 is 0 Å². The van der Waals surface area contributed by atoms with Gasteiger partial charge < -0.3 is 10.4 Å². The molecule has 1 saturated heterocycles. The molecule has 148 valence electrons. The average molecular weight is 380 g/mol. The van der Waals surface area contributed by atoms with Gasteiger partial charge in [-0.15, -0.1) is 0 Å². The largest absolute Gasteiger partial charge is 0.508 e. The fourth-order valence-electron chi connectivity index (χ4n) is 4.20. The van der Waals surface area contributed by atoms with E-state index in [0.29, 0.717) is 6.04 Å². The maximum absolute atomic E-state index is 9.61. The van der Waals surface area contributed by atoms with Gasteiger partial charge in [0.25, 0.3) is 0 Å². The van der Waals surface area contributed by atoms with Crippen molar-refractivity contribution in [2.24, 2.45) is 0 Å². The molecule has 0 spiro atoms. The van der Waals surface area contributed by atoms with Crippen molar-refractivity contribution in [3.8, 4) is 17.0 Å². The van der Waals surface area contributed by atoms with Gasteiger partial charge >= 0.3 is 0 Å². The van der Waals surface area contributed by atoms with Gasteiger partial charge in [-0.1, -0.05) is 6.92 Å². The summed E-state index contributed by atoms with van der Waals surface area (Å²) >= 11 is 0. The number of nitrogens with one attached hydrogen (secondary N) is 2. The van der Waals surface area contributed by atoms with Crippen LogP contribution in [0, 0.1) is 6.92 Å². The number of piperazine rings is 1.